The Balaban J connectivity index is 3.11. The molecule has 0 rings (SSSR count). The summed E-state index contributed by atoms with van der Waals surface area (Å²) in [5.41, 5.74) is 0. The Hall–Kier alpha value is -0.0800. The monoisotopic (exact) mass is 285 g/mol. The maximum absolute atomic E-state index is 9.76. The van der Waals surface area contributed by atoms with Crippen LogP contribution in [-0.2, 0) is 0 Å². The van der Waals surface area contributed by atoms with Gasteiger partial charge in [0, 0.05) is 13.1 Å². The smallest absolute Gasteiger partial charge is 0.0238 e. The Bertz CT molecular complexity index is 155. The molecule has 0 atom stereocenters. The van der Waals surface area contributed by atoms with Gasteiger partial charge in [-0.1, -0.05) is 90.9 Å². The van der Waals surface area contributed by atoms with Crippen LogP contribution in [-0.4, -0.2) is 23.4 Å². The van der Waals surface area contributed by atoms with E-state index in [1.807, 2.05) is 0 Å². The van der Waals surface area contributed by atoms with Crippen molar-refractivity contribution in [2.24, 2.45) is 0 Å². The Labute approximate surface area is 127 Å². The van der Waals surface area contributed by atoms with Gasteiger partial charge in [0.2, 0.25) is 0 Å². The molecule has 122 valence electrons. The Kier molecular flexibility index (Phi) is 16.9. The van der Waals surface area contributed by atoms with E-state index in [0.717, 1.165) is 25.9 Å². The first-order chi connectivity index (χ1) is 9.81. The second kappa shape index (κ2) is 17.0. The molecule has 2 nitrogen and oxygen atoms in total. The van der Waals surface area contributed by atoms with E-state index in [1.165, 1.54) is 82.1 Å². The van der Waals surface area contributed by atoms with Crippen LogP contribution in [0.4, 0.5) is 0 Å². The minimum atomic E-state index is 0.865. The molecule has 0 radical (unpaired) electrons. The lowest BCUT2D eigenvalue weighted by molar-refractivity contribution is -0.0925. The van der Waals surface area contributed by atoms with Crippen LogP contribution in [0.2, 0.25) is 0 Å². The molecule has 0 fully saturated rings. The summed E-state index contributed by atoms with van der Waals surface area (Å²) in [5, 5.41) is 11.3. The normalized spacial score (nSPS) is 11.4. The Morgan fingerprint density at radius 1 is 0.500 bits per heavy atom. The van der Waals surface area contributed by atoms with Crippen LogP contribution in [0.1, 0.15) is 104 Å². The first-order valence-electron chi connectivity index (χ1n) is 9.25. The zero-order valence-corrected chi connectivity index (χ0v) is 14.2. The minimum absolute atomic E-state index is 0.865. The molecule has 0 saturated carbocycles. The number of hydroxylamine groups is 2. The summed E-state index contributed by atoms with van der Waals surface area (Å²) in [5.74, 6) is 0. The number of nitrogens with zero attached hydrogens (tertiary/aromatic N) is 1. The van der Waals surface area contributed by atoms with E-state index in [-0.39, 0.29) is 0 Å². The van der Waals surface area contributed by atoms with Crippen molar-refractivity contribution in [1.82, 2.24) is 5.06 Å². The highest BCUT2D eigenvalue weighted by atomic mass is 16.5. The van der Waals surface area contributed by atoms with Crippen LogP contribution >= 0.6 is 0 Å². The Morgan fingerprint density at radius 2 is 0.800 bits per heavy atom. The number of hydrogen-bond donors (Lipinski definition) is 1. The van der Waals surface area contributed by atoms with E-state index in [4.69, 9.17) is 0 Å². The molecule has 0 aliphatic rings. The van der Waals surface area contributed by atoms with Gasteiger partial charge in [0.1, 0.15) is 0 Å². The fourth-order valence-electron chi connectivity index (χ4n) is 2.61. The number of rotatable bonds is 16. The molecule has 1 N–H and O–H groups in total. The summed E-state index contributed by atoms with van der Waals surface area (Å²) >= 11 is 0. The number of hydrogen-bond acceptors (Lipinski definition) is 2. The van der Waals surface area contributed by atoms with Crippen LogP contribution in [0.5, 0.6) is 0 Å². The SMILES string of the molecule is CCCCCCCCCN(O)CCCCCCCCC. The average Bonchev–Trinajstić information content (AvgIpc) is 2.45. The molecule has 0 aromatic heterocycles. The number of unbranched alkanes of at least 4 members (excludes halogenated alkanes) is 12. The van der Waals surface area contributed by atoms with Crippen LogP contribution in [0, 0.1) is 0 Å². The molecular formula is C18H39NO. The predicted molar refractivity (Wildman–Crippen MR) is 89.3 cm³/mol. The van der Waals surface area contributed by atoms with Gasteiger partial charge in [-0.15, -0.1) is 0 Å². The highest BCUT2D eigenvalue weighted by molar-refractivity contribution is 4.51. The summed E-state index contributed by atoms with van der Waals surface area (Å²) in [7, 11) is 0. The molecule has 2 heteroatoms. The summed E-state index contributed by atoms with van der Waals surface area (Å²) < 4.78 is 0. The zero-order chi connectivity index (χ0) is 14.9. The fraction of sp³-hybridized carbons (Fsp3) is 1.00. The maximum Gasteiger partial charge on any atom is 0.0238 e. The van der Waals surface area contributed by atoms with Gasteiger partial charge in [-0.25, -0.2) is 0 Å². The van der Waals surface area contributed by atoms with Crippen molar-refractivity contribution in [3.05, 3.63) is 0 Å². The lowest BCUT2D eigenvalue weighted by Crippen LogP contribution is -2.21. The minimum Gasteiger partial charge on any atom is -0.314 e. The highest BCUT2D eigenvalue weighted by Crippen LogP contribution is 2.09. The van der Waals surface area contributed by atoms with Crippen molar-refractivity contribution in [3.8, 4) is 0 Å². The second-order valence-corrected chi connectivity index (χ2v) is 6.20. The third-order valence-corrected chi connectivity index (χ3v) is 4.04. The van der Waals surface area contributed by atoms with E-state index < -0.39 is 0 Å². The molecule has 0 unspecified atom stereocenters. The summed E-state index contributed by atoms with van der Waals surface area (Å²) in [6, 6.07) is 0. The maximum atomic E-state index is 9.76. The van der Waals surface area contributed by atoms with Crippen LogP contribution in [0.3, 0.4) is 0 Å². The van der Waals surface area contributed by atoms with Crippen molar-refractivity contribution in [3.63, 3.8) is 0 Å². The first-order valence-corrected chi connectivity index (χ1v) is 9.25. The van der Waals surface area contributed by atoms with Gasteiger partial charge >= 0.3 is 0 Å². The lowest BCUT2D eigenvalue weighted by Gasteiger charge is -2.14. The topological polar surface area (TPSA) is 23.5 Å². The van der Waals surface area contributed by atoms with Gasteiger partial charge < -0.3 is 5.21 Å². The molecule has 0 heterocycles. The molecule has 0 bridgehead atoms. The van der Waals surface area contributed by atoms with Crippen molar-refractivity contribution < 1.29 is 5.21 Å². The van der Waals surface area contributed by atoms with E-state index in [0.29, 0.717) is 0 Å². The Morgan fingerprint density at radius 3 is 1.15 bits per heavy atom. The fourth-order valence-corrected chi connectivity index (χ4v) is 2.61. The third-order valence-electron chi connectivity index (χ3n) is 4.04. The van der Waals surface area contributed by atoms with Crippen molar-refractivity contribution in [2.45, 2.75) is 104 Å². The van der Waals surface area contributed by atoms with E-state index in [2.05, 4.69) is 13.8 Å². The van der Waals surface area contributed by atoms with Gasteiger partial charge in [-0.3, -0.25) is 0 Å². The van der Waals surface area contributed by atoms with E-state index >= 15 is 0 Å². The van der Waals surface area contributed by atoms with Crippen LogP contribution < -0.4 is 0 Å². The zero-order valence-electron chi connectivity index (χ0n) is 14.2. The van der Waals surface area contributed by atoms with E-state index in [1.54, 1.807) is 0 Å². The molecule has 0 aliphatic heterocycles. The molecule has 0 aromatic rings. The van der Waals surface area contributed by atoms with Gasteiger partial charge in [0.25, 0.3) is 0 Å². The molecular weight excluding hydrogens is 246 g/mol. The molecule has 20 heavy (non-hydrogen) atoms. The average molecular weight is 286 g/mol. The molecule has 0 spiro atoms. The van der Waals surface area contributed by atoms with Gasteiger partial charge in [-0.2, -0.15) is 5.06 Å². The van der Waals surface area contributed by atoms with Crippen molar-refractivity contribution >= 4 is 0 Å². The standard InChI is InChI=1S/C18H39NO/c1-3-5-7-9-11-13-15-17-19(20)18-16-14-12-10-8-6-4-2/h20H,3-18H2,1-2H3. The lowest BCUT2D eigenvalue weighted by atomic mass is 10.1. The van der Waals surface area contributed by atoms with Gasteiger partial charge in [-0.05, 0) is 12.8 Å². The highest BCUT2D eigenvalue weighted by Gasteiger charge is 2.00. The predicted octanol–water partition coefficient (Wildman–Crippen LogP) is 6.18. The third kappa shape index (κ3) is 16.0. The van der Waals surface area contributed by atoms with Crippen molar-refractivity contribution in [2.75, 3.05) is 13.1 Å². The van der Waals surface area contributed by atoms with Gasteiger partial charge in [0.15, 0.2) is 0 Å². The molecule has 0 aliphatic carbocycles. The quantitative estimate of drug-likeness (QED) is 0.270. The molecule has 0 saturated heterocycles. The molecule has 0 amide bonds. The van der Waals surface area contributed by atoms with Crippen LogP contribution in [0.25, 0.3) is 0 Å². The summed E-state index contributed by atoms with van der Waals surface area (Å²) in [6.45, 7) is 6.24. The second-order valence-electron chi connectivity index (χ2n) is 6.20. The largest absolute Gasteiger partial charge is 0.314 e. The first kappa shape index (κ1) is 19.9. The van der Waals surface area contributed by atoms with E-state index in [9.17, 15) is 5.21 Å². The van der Waals surface area contributed by atoms with Gasteiger partial charge in [0.05, 0.1) is 0 Å². The summed E-state index contributed by atoms with van der Waals surface area (Å²) in [6.07, 6.45) is 18.5. The summed E-state index contributed by atoms with van der Waals surface area (Å²) in [4.78, 5) is 0. The molecule has 0 aromatic carbocycles. The van der Waals surface area contributed by atoms with Crippen molar-refractivity contribution in [1.29, 1.82) is 0 Å². The van der Waals surface area contributed by atoms with Crippen LogP contribution in [0.15, 0.2) is 0 Å².